The molecule has 0 amide bonds. The highest BCUT2D eigenvalue weighted by Crippen LogP contribution is 2.33. The number of piperidine rings is 1. The van der Waals surface area contributed by atoms with E-state index in [-0.39, 0.29) is 0 Å². The van der Waals surface area contributed by atoms with Crippen molar-refractivity contribution < 1.29 is 13.2 Å². The van der Waals surface area contributed by atoms with Crippen molar-refractivity contribution >= 4 is 15.9 Å². The van der Waals surface area contributed by atoms with E-state index in [1.54, 1.807) is 18.2 Å². The van der Waals surface area contributed by atoms with Crippen LogP contribution in [0.2, 0.25) is 0 Å². The fourth-order valence-electron chi connectivity index (χ4n) is 2.76. The third-order valence-electron chi connectivity index (χ3n) is 3.86. The van der Waals surface area contributed by atoms with E-state index >= 15 is 0 Å². The summed E-state index contributed by atoms with van der Waals surface area (Å²) in [6.07, 6.45) is 5.48. The molecule has 2 aliphatic rings. The summed E-state index contributed by atoms with van der Waals surface area (Å²) in [5.41, 5.74) is 0.686. The van der Waals surface area contributed by atoms with Crippen LogP contribution in [0.15, 0.2) is 28.5 Å². The lowest BCUT2D eigenvalue weighted by atomic mass is 10.1. The maximum Gasteiger partial charge on any atom is 0.200 e. The second-order valence-electron chi connectivity index (χ2n) is 5.27. The minimum Gasteiger partial charge on any atom is -0.492 e. The zero-order valence-corrected chi connectivity index (χ0v) is 12.2. The summed E-state index contributed by atoms with van der Waals surface area (Å²) in [4.78, 5) is 2.76. The minimum atomic E-state index is -3.24. The molecule has 0 unspecified atom stereocenters. The molecule has 108 valence electrons. The van der Waals surface area contributed by atoms with Gasteiger partial charge in [-0.1, -0.05) is 12.5 Å². The van der Waals surface area contributed by atoms with Crippen molar-refractivity contribution in [1.29, 1.82) is 0 Å². The van der Waals surface area contributed by atoms with Crippen LogP contribution in [-0.4, -0.2) is 39.6 Å². The van der Waals surface area contributed by atoms with Crippen molar-refractivity contribution in [3.63, 3.8) is 0 Å². The number of likely N-dealkylation sites (tertiary alicyclic amines) is 1. The molecule has 20 heavy (non-hydrogen) atoms. The van der Waals surface area contributed by atoms with Gasteiger partial charge in [-0.15, -0.1) is 0 Å². The smallest absolute Gasteiger partial charge is 0.200 e. The standard InChI is InChI=1S/C15H19NO3S/c17-20(18)12-7-13-14(5-4-6-15(13)20)19-11-10-16-8-2-1-3-9-16/h4-7,12H,1-3,8-11H2. The van der Waals surface area contributed by atoms with Gasteiger partial charge in [-0.25, -0.2) is 8.42 Å². The molecule has 1 fully saturated rings. The van der Waals surface area contributed by atoms with E-state index in [9.17, 15) is 8.42 Å². The topological polar surface area (TPSA) is 46.6 Å². The van der Waals surface area contributed by atoms with Crippen molar-refractivity contribution in [2.75, 3.05) is 26.2 Å². The maximum atomic E-state index is 11.8. The van der Waals surface area contributed by atoms with E-state index < -0.39 is 9.84 Å². The molecule has 3 rings (SSSR count). The quantitative estimate of drug-likeness (QED) is 0.854. The second-order valence-corrected chi connectivity index (χ2v) is 7.07. The predicted octanol–water partition coefficient (Wildman–Crippen LogP) is 2.31. The van der Waals surface area contributed by atoms with Crippen LogP contribution in [0, 0.1) is 0 Å². The van der Waals surface area contributed by atoms with Crippen LogP contribution >= 0.6 is 0 Å². The van der Waals surface area contributed by atoms with Crippen molar-refractivity contribution in [2.24, 2.45) is 0 Å². The summed E-state index contributed by atoms with van der Waals surface area (Å²) >= 11 is 0. The molecule has 0 N–H and O–H groups in total. The van der Waals surface area contributed by atoms with Gasteiger partial charge in [-0.05, 0) is 44.1 Å². The number of hydrogen-bond acceptors (Lipinski definition) is 4. The molecule has 0 aromatic heterocycles. The van der Waals surface area contributed by atoms with Gasteiger partial charge in [0.2, 0.25) is 9.84 Å². The molecule has 1 saturated heterocycles. The van der Waals surface area contributed by atoms with Crippen LogP contribution in [0.4, 0.5) is 0 Å². The van der Waals surface area contributed by atoms with E-state index in [4.69, 9.17) is 4.74 Å². The summed E-state index contributed by atoms with van der Waals surface area (Å²) in [7, 11) is -3.24. The van der Waals surface area contributed by atoms with Gasteiger partial charge in [0.25, 0.3) is 0 Å². The van der Waals surface area contributed by atoms with Crippen LogP contribution in [0.25, 0.3) is 6.08 Å². The van der Waals surface area contributed by atoms with Gasteiger partial charge in [0.1, 0.15) is 12.4 Å². The molecular formula is C15H19NO3S. The molecule has 2 heterocycles. The lowest BCUT2D eigenvalue weighted by Gasteiger charge is -2.26. The van der Waals surface area contributed by atoms with Crippen molar-refractivity contribution in [3.8, 4) is 5.75 Å². The average molecular weight is 293 g/mol. The Morgan fingerprint density at radius 3 is 2.75 bits per heavy atom. The first-order chi connectivity index (χ1) is 9.67. The summed E-state index contributed by atoms with van der Waals surface area (Å²) in [5, 5.41) is 1.25. The first-order valence-electron chi connectivity index (χ1n) is 7.08. The second kappa shape index (κ2) is 5.58. The van der Waals surface area contributed by atoms with Gasteiger partial charge in [-0.2, -0.15) is 0 Å². The van der Waals surface area contributed by atoms with Crippen LogP contribution < -0.4 is 4.74 Å². The SMILES string of the molecule is O=S1(=O)C=Cc2c(OCCN3CCCCC3)cccc21. The number of rotatable bonds is 4. The molecule has 5 heteroatoms. The number of benzene rings is 1. The number of hydrogen-bond donors (Lipinski definition) is 0. The highest BCUT2D eigenvalue weighted by Gasteiger charge is 2.23. The number of nitrogens with zero attached hydrogens (tertiary/aromatic N) is 1. The molecule has 0 radical (unpaired) electrons. The molecule has 1 aromatic carbocycles. The Balaban J connectivity index is 1.64. The Hall–Kier alpha value is -1.33. The van der Waals surface area contributed by atoms with E-state index in [2.05, 4.69) is 4.90 Å². The highest BCUT2D eigenvalue weighted by atomic mass is 32.2. The van der Waals surface area contributed by atoms with Crippen LogP contribution in [-0.2, 0) is 9.84 Å². The molecule has 0 atom stereocenters. The van der Waals surface area contributed by atoms with Gasteiger partial charge in [-0.3, -0.25) is 4.90 Å². The van der Waals surface area contributed by atoms with Crippen molar-refractivity contribution in [3.05, 3.63) is 29.2 Å². The van der Waals surface area contributed by atoms with E-state index in [0.717, 1.165) is 19.6 Å². The lowest BCUT2D eigenvalue weighted by Crippen LogP contribution is -2.33. The summed E-state index contributed by atoms with van der Waals surface area (Å²) in [6, 6.07) is 5.20. The Kier molecular flexibility index (Phi) is 3.81. The molecule has 0 aliphatic carbocycles. The molecule has 0 spiro atoms. The molecular weight excluding hydrogens is 274 g/mol. The van der Waals surface area contributed by atoms with Gasteiger partial charge in [0.05, 0.1) is 4.90 Å². The fraction of sp³-hybridized carbons (Fsp3) is 0.467. The number of sulfone groups is 1. The zero-order chi connectivity index (χ0) is 14.0. The van der Waals surface area contributed by atoms with Gasteiger partial charge >= 0.3 is 0 Å². The molecule has 4 nitrogen and oxygen atoms in total. The van der Waals surface area contributed by atoms with E-state index in [1.165, 1.54) is 24.7 Å². The van der Waals surface area contributed by atoms with E-state index in [0.29, 0.717) is 22.8 Å². The van der Waals surface area contributed by atoms with Gasteiger partial charge in [0, 0.05) is 17.5 Å². The maximum absolute atomic E-state index is 11.8. The van der Waals surface area contributed by atoms with Gasteiger partial charge < -0.3 is 4.74 Å². The molecule has 0 saturated carbocycles. The van der Waals surface area contributed by atoms with Crippen LogP contribution in [0.3, 0.4) is 0 Å². The summed E-state index contributed by atoms with van der Waals surface area (Å²) in [5.74, 6) is 0.664. The summed E-state index contributed by atoms with van der Waals surface area (Å²) < 4.78 is 29.3. The Bertz CT molecular complexity index is 616. The Morgan fingerprint density at radius 1 is 1.15 bits per heavy atom. The number of ether oxygens (including phenoxy) is 1. The number of fused-ring (bicyclic) bond motifs is 1. The van der Waals surface area contributed by atoms with Crippen LogP contribution in [0.5, 0.6) is 5.75 Å². The zero-order valence-electron chi connectivity index (χ0n) is 11.4. The third-order valence-corrected chi connectivity index (χ3v) is 5.32. The fourth-order valence-corrected chi connectivity index (χ4v) is 3.97. The van der Waals surface area contributed by atoms with Crippen molar-refractivity contribution in [2.45, 2.75) is 24.2 Å². The minimum absolute atomic E-state index is 0.355. The first kappa shape index (κ1) is 13.6. The first-order valence-corrected chi connectivity index (χ1v) is 8.63. The molecule has 2 aliphatic heterocycles. The lowest BCUT2D eigenvalue weighted by molar-refractivity contribution is 0.183. The Labute approximate surface area is 120 Å². The highest BCUT2D eigenvalue weighted by molar-refractivity contribution is 7.94. The molecule has 0 bridgehead atoms. The largest absolute Gasteiger partial charge is 0.492 e. The average Bonchev–Trinajstić information content (AvgIpc) is 2.77. The monoisotopic (exact) mass is 293 g/mol. The van der Waals surface area contributed by atoms with Crippen LogP contribution in [0.1, 0.15) is 24.8 Å². The normalized spacial score (nSPS) is 20.8. The van der Waals surface area contributed by atoms with Crippen molar-refractivity contribution in [1.82, 2.24) is 4.90 Å². The van der Waals surface area contributed by atoms with E-state index in [1.807, 2.05) is 6.07 Å². The predicted molar refractivity (Wildman–Crippen MR) is 78.4 cm³/mol. The third kappa shape index (κ3) is 2.74. The summed E-state index contributed by atoms with van der Waals surface area (Å²) in [6.45, 7) is 3.79. The van der Waals surface area contributed by atoms with Gasteiger partial charge in [0.15, 0.2) is 0 Å². The Morgan fingerprint density at radius 2 is 1.95 bits per heavy atom. The molecule has 1 aromatic rings.